The number of halogens is 1. The molecule has 17 heteroatoms. The number of pyridine rings is 1. The molecule has 4 aromatic rings. The molecule has 1 aliphatic carbocycles. The maximum Gasteiger partial charge on any atom is 0.262 e. The van der Waals surface area contributed by atoms with Crippen molar-refractivity contribution in [3.8, 4) is 17.5 Å². The minimum atomic E-state index is -1.02. The third-order valence-corrected chi connectivity index (χ3v) is 12.6. The molecule has 0 bridgehead atoms. The van der Waals surface area contributed by atoms with Gasteiger partial charge in [-0.3, -0.25) is 39.1 Å². The fourth-order valence-corrected chi connectivity index (χ4v) is 9.56. The molecule has 0 radical (unpaired) electrons. The number of imide groups is 2. The van der Waals surface area contributed by atoms with Gasteiger partial charge in [0, 0.05) is 61.7 Å². The number of hydrogen-bond acceptors (Lipinski definition) is 12. The van der Waals surface area contributed by atoms with E-state index >= 15 is 0 Å². The number of nitriles is 1. The van der Waals surface area contributed by atoms with Gasteiger partial charge in [-0.1, -0.05) is 44.5 Å². The van der Waals surface area contributed by atoms with Crippen LogP contribution >= 0.6 is 11.6 Å². The molecule has 16 nitrogen and oxygen atoms in total. The lowest BCUT2D eigenvalue weighted by Gasteiger charge is -2.63. The number of hydrogen-bond donors (Lipinski definition) is 2. The molecule has 5 amide bonds. The maximum atomic E-state index is 13.4. The van der Waals surface area contributed by atoms with Gasteiger partial charge in [-0.2, -0.15) is 5.26 Å². The number of nitrogens with zero attached hydrogens (tertiary/aromatic N) is 8. The van der Waals surface area contributed by atoms with E-state index in [0.29, 0.717) is 34.0 Å². The van der Waals surface area contributed by atoms with Crippen LogP contribution in [0, 0.1) is 22.2 Å². The molecule has 3 fully saturated rings. The minimum Gasteiger partial charge on any atom is -0.489 e. The molecule has 0 spiro atoms. The van der Waals surface area contributed by atoms with Gasteiger partial charge in [0.1, 0.15) is 29.8 Å². The molecule has 8 rings (SSSR count). The molecule has 2 aromatic carbocycles. The van der Waals surface area contributed by atoms with Gasteiger partial charge in [-0.25, -0.2) is 9.67 Å². The summed E-state index contributed by atoms with van der Waals surface area (Å²) in [5, 5.41) is 23.6. The summed E-state index contributed by atoms with van der Waals surface area (Å²) in [6.07, 6.45) is 4.95. The Hall–Kier alpha value is -6.18. The van der Waals surface area contributed by atoms with Gasteiger partial charge in [-0.05, 0) is 68.3 Å². The number of rotatable bonds is 11. The summed E-state index contributed by atoms with van der Waals surface area (Å²) in [6, 6.07) is 14.5. The monoisotopic (exact) mass is 832 g/mol. The van der Waals surface area contributed by atoms with Crippen molar-refractivity contribution in [2.45, 2.75) is 71.6 Å². The normalized spacial score (nSPS) is 22.2. The van der Waals surface area contributed by atoms with Crippen molar-refractivity contribution in [1.82, 2.24) is 40.4 Å². The van der Waals surface area contributed by atoms with Gasteiger partial charge in [0.25, 0.3) is 17.7 Å². The highest BCUT2D eigenvalue weighted by molar-refractivity contribution is 6.31. The van der Waals surface area contributed by atoms with E-state index in [1.165, 1.54) is 0 Å². The predicted molar refractivity (Wildman–Crippen MR) is 219 cm³/mol. The van der Waals surface area contributed by atoms with Crippen molar-refractivity contribution >= 4 is 47.0 Å². The van der Waals surface area contributed by atoms with E-state index in [-0.39, 0.29) is 52.9 Å². The summed E-state index contributed by atoms with van der Waals surface area (Å²) in [7, 11) is 0. The summed E-state index contributed by atoms with van der Waals surface area (Å²) in [5.74, 6) is -0.991. The number of piperidine rings is 1. The predicted octanol–water partition coefficient (Wildman–Crippen LogP) is 3.96. The fraction of sp³-hybridized carbons (Fsp3) is 0.419. The zero-order valence-corrected chi connectivity index (χ0v) is 34.5. The first-order valence-electron chi connectivity index (χ1n) is 20.0. The van der Waals surface area contributed by atoms with E-state index in [1.54, 1.807) is 47.3 Å². The largest absolute Gasteiger partial charge is 0.489 e. The van der Waals surface area contributed by atoms with Gasteiger partial charge in [0.15, 0.2) is 0 Å². The van der Waals surface area contributed by atoms with Gasteiger partial charge in [-0.15, -0.1) is 5.10 Å². The number of aromatic nitrogens is 4. The number of carbonyl (C=O) groups excluding carboxylic acids is 5. The quantitative estimate of drug-likeness (QED) is 0.207. The van der Waals surface area contributed by atoms with Gasteiger partial charge >= 0.3 is 0 Å². The zero-order chi connectivity index (χ0) is 42.5. The van der Waals surface area contributed by atoms with Crippen molar-refractivity contribution < 1.29 is 28.7 Å². The van der Waals surface area contributed by atoms with Crippen LogP contribution in [-0.4, -0.2) is 110 Å². The van der Waals surface area contributed by atoms with E-state index < -0.39 is 29.7 Å². The van der Waals surface area contributed by atoms with Crippen molar-refractivity contribution in [1.29, 1.82) is 5.26 Å². The zero-order valence-electron chi connectivity index (χ0n) is 33.8. The molecule has 2 N–H and O–H groups in total. The molecule has 2 saturated heterocycles. The fourth-order valence-electron chi connectivity index (χ4n) is 9.34. The SMILES string of the molecule is CC1(C)[C@H](NC(=O)c2ccc(N3CCN(CCCc4cn(-c5ccc6c(c5)C(=O)N(C5CCC(=O)NC5=O)C6=O)nn4)CC3)nc2)C(C)(C)[C@H]1Oc1ccc(C#N)c(Cl)c1. The second kappa shape index (κ2) is 15.8. The molecule has 1 saturated carbocycles. The number of amides is 5. The first kappa shape index (κ1) is 40.6. The number of ether oxygens (including phenoxy) is 1. The summed E-state index contributed by atoms with van der Waals surface area (Å²) in [6.45, 7) is 12.5. The number of benzene rings is 2. The highest BCUT2D eigenvalue weighted by Crippen LogP contribution is 2.55. The third-order valence-electron chi connectivity index (χ3n) is 12.3. The van der Waals surface area contributed by atoms with Crippen LogP contribution in [0.15, 0.2) is 60.9 Å². The van der Waals surface area contributed by atoms with Crippen molar-refractivity contribution in [3.05, 3.63) is 93.9 Å². The second-order valence-corrected chi connectivity index (χ2v) is 17.4. The Bertz CT molecular complexity index is 2420. The number of fused-ring (bicyclic) bond motifs is 1. The molecule has 2 aromatic heterocycles. The molecular weight excluding hydrogens is 788 g/mol. The smallest absolute Gasteiger partial charge is 0.262 e. The number of nitrogens with one attached hydrogen (secondary N) is 2. The second-order valence-electron chi connectivity index (χ2n) is 17.0. The maximum absolute atomic E-state index is 13.4. The standard InChI is InChI=1S/C43H45ClN10O6/c1-42(2)40(43(3,4)41(42)60-29-10-7-25(22-45)32(44)21-29)48-36(56)26-8-13-34(46-23-26)52-18-16-51(17-19-52)15-5-6-27-24-53(50-49-27)28-9-11-30-31(20-28)39(59)54(38(30)58)33-12-14-35(55)47-37(33)57/h7-11,13,20-21,23-24,33,40-41H,5-6,12,14-19H2,1-4H3,(H,48,56)(H,47,55,57)/t33?,40-,41-. The molecule has 5 heterocycles. The summed E-state index contributed by atoms with van der Waals surface area (Å²) in [4.78, 5) is 74.0. The first-order valence-corrected chi connectivity index (χ1v) is 20.4. The van der Waals surface area contributed by atoms with Crippen LogP contribution in [0.5, 0.6) is 5.75 Å². The number of piperazine rings is 1. The summed E-state index contributed by atoms with van der Waals surface area (Å²) < 4.78 is 7.93. The Kier molecular flexibility index (Phi) is 10.7. The van der Waals surface area contributed by atoms with E-state index in [1.807, 2.05) is 18.3 Å². The first-order chi connectivity index (χ1) is 28.6. The van der Waals surface area contributed by atoms with Gasteiger partial charge in [0.05, 0.1) is 44.9 Å². The Morgan fingerprint density at radius 1 is 0.983 bits per heavy atom. The Morgan fingerprint density at radius 2 is 1.73 bits per heavy atom. The van der Waals surface area contributed by atoms with E-state index in [2.05, 4.69) is 69.5 Å². The third kappa shape index (κ3) is 7.47. The van der Waals surface area contributed by atoms with Gasteiger partial charge in [0.2, 0.25) is 11.8 Å². The lowest BCUT2D eigenvalue weighted by Crippen LogP contribution is -2.74. The average molecular weight is 833 g/mol. The van der Waals surface area contributed by atoms with E-state index in [0.717, 1.165) is 55.6 Å². The van der Waals surface area contributed by atoms with E-state index in [4.69, 9.17) is 16.3 Å². The minimum absolute atomic E-state index is 0.0570. The number of aryl methyl sites for hydroxylation is 1. The molecular formula is C43H45ClN10O6. The Labute approximate surface area is 351 Å². The van der Waals surface area contributed by atoms with Crippen LogP contribution in [0.3, 0.4) is 0 Å². The molecule has 60 heavy (non-hydrogen) atoms. The molecule has 4 aliphatic rings. The highest BCUT2D eigenvalue weighted by atomic mass is 35.5. The van der Waals surface area contributed by atoms with Crippen LogP contribution in [0.1, 0.15) is 89.3 Å². The lowest BCUT2D eigenvalue weighted by molar-refractivity contribution is -0.164. The van der Waals surface area contributed by atoms with Crippen LogP contribution in [0.25, 0.3) is 5.69 Å². The Morgan fingerprint density at radius 3 is 2.42 bits per heavy atom. The van der Waals surface area contributed by atoms with Crippen LogP contribution in [0.2, 0.25) is 5.02 Å². The molecule has 1 atom stereocenters. The molecule has 310 valence electrons. The van der Waals surface area contributed by atoms with Crippen molar-refractivity contribution in [2.24, 2.45) is 10.8 Å². The van der Waals surface area contributed by atoms with Crippen molar-refractivity contribution in [2.75, 3.05) is 37.6 Å². The van der Waals surface area contributed by atoms with Crippen LogP contribution in [0.4, 0.5) is 5.82 Å². The van der Waals surface area contributed by atoms with Crippen LogP contribution < -0.4 is 20.3 Å². The Balaban J connectivity index is 0.789. The topological polar surface area (TPSA) is 196 Å². The highest BCUT2D eigenvalue weighted by Gasteiger charge is 2.64. The van der Waals surface area contributed by atoms with Crippen LogP contribution in [-0.2, 0) is 16.0 Å². The molecule has 3 aliphatic heterocycles. The molecule has 1 unspecified atom stereocenters. The average Bonchev–Trinajstić information content (AvgIpc) is 3.80. The number of carbonyl (C=O) groups is 5. The number of anilines is 1. The summed E-state index contributed by atoms with van der Waals surface area (Å²) >= 11 is 6.24. The van der Waals surface area contributed by atoms with Crippen molar-refractivity contribution in [3.63, 3.8) is 0 Å². The summed E-state index contributed by atoms with van der Waals surface area (Å²) in [5.41, 5.74) is 1.86. The lowest BCUT2D eigenvalue weighted by atomic mass is 9.49. The van der Waals surface area contributed by atoms with E-state index in [9.17, 15) is 29.2 Å². The van der Waals surface area contributed by atoms with Gasteiger partial charge < -0.3 is 15.0 Å².